The lowest BCUT2D eigenvalue weighted by Crippen LogP contribution is -2.30. The third kappa shape index (κ3) is 2.71. The van der Waals surface area contributed by atoms with Crippen LogP contribution in [0.15, 0.2) is 30.3 Å². The third-order valence-corrected chi connectivity index (χ3v) is 4.46. The first-order valence-electron chi connectivity index (χ1n) is 7.99. The molecule has 4 nitrogen and oxygen atoms in total. The maximum absolute atomic E-state index is 13.0. The van der Waals surface area contributed by atoms with Gasteiger partial charge in [-0.3, -0.25) is 9.78 Å². The molecule has 1 atom stereocenters. The van der Waals surface area contributed by atoms with Gasteiger partial charge in [0.25, 0.3) is 5.91 Å². The topological polar surface area (TPSA) is 59.2 Å². The second kappa shape index (κ2) is 6.05. The number of hydrogen-bond donors (Lipinski definition) is 1. The molecule has 1 fully saturated rings. The molecule has 2 heterocycles. The molecule has 4 heteroatoms. The molecule has 2 aromatic rings. The lowest BCUT2D eigenvalue weighted by molar-refractivity contribution is 0.0789. The fraction of sp³-hybridized carbons (Fsp3) is 0.444. The van der Waals surface area contributed by atoms with E-state index in [9.17, 15) is 4.79 Å². The van der Waals surface area contributed by atoms with Crippen molar-refractivity contribution in [1.29, 1.82) is 0 Å². The Morgan fingerprint density at radius 1 is 1.41 bits per heavy atom. The molecular formula is C18H23N3O. The molecule has 3 rings (SSSR count). The fourth-order valence-corrected chi connectivity index (χ4v) is 3.05. The second-order valence-electron chi connectivity index (χ2n) is 6.41. The zero-order valence-corrected chi connectivity index (χ0v) is 13.2. The molecule has 0 aliphatic carbocycles. The Morgan fingerprint density at radius 3 is 2.86 bits per heavy atom. The minimum atomic E-state index is 0.108. The molecule has 2 N–H and O–H groups in total. The summed E-state index contributed by atoms with van der Waals surface area (Å²) in [6.45, 7) is 6.42. The van der Waals surface area contributed by atoms with Crippen molar-refractivity contribution in [3.63, 3.8) is 0 Å². The third-order valence-electron chi connectivity index (χ3n) is 4.46. The second-order valence-corrected chi connectivity index (χ2v) is 6.41. The Balaban J connectivity index is 2.03. The maximum Gasteiger partial charge on any atom is 0.254 e. The number of nitrogens with zero attached hydrogens (tertiary/aromatic N) is 2. The van der Waals surface area contributed by atoms with Crippen LogP contribution in [0.3, 0.4) is 0 Å². The van der Waals surface area contributed by atoms with Gasteiger partial charge in [0.2, 0.25) is 0 Å². The molecule has 1 amide bonds. The molecule has 0 saturated carbocycles. The first-order valence-corrected chi connectivity index (χ1v) is 7.99. The van der Waals surface area contributed by atoms with Gasteiger partial charge in [0.1, 0.15) is 0 Å². The van der Waals surface area contributed by atoms with Crippen LogP contribution >= 0.6 is 0 Å². The van der Waals surface area contributed by atoms with E-state index in [2.05, 4.69) is 18.8 Å². The number of hydrogen-bond acceptors (Lipinski definition) is 3. The van der Waals surface area contributed by atoms with Gasteiger partial charge in [0.15, 0.2) is 0 Å². The molecular weight excluding hydrogens is 274 g/mol. The van der Waals surface area contributed by atoms with Crippen LogP contribution in [-0.2, 0) is 0 Å². The number of carbonyl (C=O) groups excluding carboxylic acids is 1. The van der Waals surface area contributed by atoms with E-state index in [1.807, 2.05) is 35.2 Å². The summed E-state index contributed by atoms with van der Waals surface area (Å²) in [5.74, 6) is 0.838. The Kier molecular flexibility index (Phi) is 4.12. The number of pyridine rings is 1. The van der Waals surface area contributed by atoms with E-state index in [0.717, 1.165) is 41.7 Å². The molecule has 0 spiro atoms. The Hall–Kier alpha value is -1.94. The number of carbonyl (C=O) groups is 1. The van der Waals surface area contributed by atoms with Crippen LogP contribution in [0.5, 0.6) is 0 Å². The predicted octanol–water partition coefficient (Wildman–Crippen LogP) is 2.78. The van der Waals surface area contributed by atoms with E-state index >= 15 is 0 Å². The van der Waals surface area contributed by atoms with Crippen molar-refractivity contribution >= 4 is 16.8 Å². The van der Waals surface area contributed by atoms with Crippen LogP contribution in [0.2, 0.25) is 0 Å². The van der Waals surface area contributed by atoms with Gasteiger partial charge >= 0.3 is 0 Å². The number of benzene rings is 1. The number of aromatic nitrogens is 1. The summed E-state index contributed by atoms with van der Waals surface area (Å²) in [5.41, 5.74) is 8.38. The Bertz CT molecular complexity index is 696. The molecule has 1 aliphatic heterocycles. The van der Waals surface area contributed by atoms with Gasteiger partial charge in [0.05, 0.1) is 11.1 Å². The number of para-hydroxylation sites is 1. The summed E-state index contributed by atoms with van der Waals surface area (Å²) in [6.07, 6.45) is 1.00. The molecule has 1 aromatic carbocycles. The van der Waals surface area contributed by atoms with E-state index in [1.165, 1.54) is 0 Å². The number of fused-ring (bicyclic) bond motifs is 1. The number of likely N-dealkylation sites (tertiary alicyclic amines) is 1. The van der Waals surface area contributed by atoms with Crippen LogP contribution in [0.4, 0.5) is 0 Å². The van der Waals surface area contributed by atoms with Crippen molar-refractivity contribution < 1.29 is 4.79 Å². The maximum atomic E-state index is 13.0. The first-order chi connectivity index (χ1) is 10.6. The lowest BCUT2D eigenvalue weighted by Gasteiger charge is -2.18. The van der Waals surface area contributed by atoms with E-state index in [4.69, 9.17) is 5.73 Å². The smallest absolute Gasteiger partial charge is 0.254 e. The lowest BCUT2D eigenvalue weighted by atomic mass is 10.0. The van der Waals surface area contributed by atoms with Gasteiger partial charge in [-0.1, -0.05) is 32.0 Å². The highest BCUT2D eigenvalue weighted by Gasteiger charge is 2.27. The molecule has 116 valence electrons. The van der Waals surface area contributed by atoms with Crippen molar-refractivity contribution in [2.24, 2.45) is 11.7 Å². The van der Waals surface area contributed by atoms with E-state index < -0.39 is 0 Å². The van der Waals surface area contributed by atoms with E-state index in [1.54, 1.807) is 0 Å². The predicted molar refractivity (Wildman–Crippen MR) is 88.9 cm³/mol. The minimum absolute atomic E-state index is 0.108. The summed E-state index contributed by atoms with van der Waals surface area (Å²) >= 11 is 0. The minimum Gasteiger partial charge on any atom is -0.338 e. The standard InChI is InChI=1S/C18H23N3O/c1-12(2)17-9-15(14-5-3-4-6-16(14)20-17)18(22)21-8-7-13(10-19)11-21/h3-6,9,12-13H,7-8,10-11,19H2,1-2H3/t13-/m0/s1. The fourth-order valence-electron chi connectivity index (χ4n) is 3.05. The molecule has 22 heavy (non-hydrogen) atoms. The molecule has 1 aromatic heterocycles. The van der Waals surface area contributed by atoms with Crippen molar-refractivity contribution in [3.05, 3.63) is 41.6 Å². The summed E-state index contributed by atoms with van der Waals surface area (Å²) < 4.78 is 0. The molecule has 0 unspecified atom stereocenters. The van der Waals surface area contributed by atoms with Gasteiger partial charge in [-0.15, -0.1) is 0 Å². The van der Waals surface area contributed by atoms with Crippen LogP contribution < -0.4 is 5.73 Å². The number of rotatable bonds is 3. The number of nitrogens with two attached hydrogens (primary N) is 1. The molecule has 0 bridgehead atoms. The van der Waals surface area contributed by atoms with Crippen LogP contribution in [0.1, 0.15) is 42.2 Å². The summed E-state index contributed by atoms with van der Waals surface area (Å²) in [6, 6.07) is 9.85. The first kappa shape index (κ1) is 15.0. The highest BCUT2D eigenvalue weighted by molar-refractivity contribution is 6.06. The zero-order valence-electron chi connectivity index (χ0n) is 13.2. The number of amides is 1. The highest BCUT2D eigenvalue weighted by Crippen LogP contribution is 2.25. The Morgan fingerprint density at radius 2 is 2.18 bits per heavy atom. The molecule has 0 radical (unpaired) electrons. The average molecular weight is 297 g/mol. The van der Waals surface area contributed by atoms with Crippen LogP contribution in [0, 0.1) is 5.92 Å². The summed E-state index contributed by atoms with van der Waals surface area (Å²) in [4.78, 5) is 19.6. The molecule has 1 aliphatic rings. The average Bonchev–Trinajstić information content (AvgIpc) is 3.02. The van der Waals surface area contributed by atoms with Gasteiger partial charge in [0, 0.05) is 24.2 Å². The van der Waals surface area contributed by atoms with Gasteiger partial charge in [-0.2, -0.15) is 0 Å². The monoisotopic (exact) mass is 297 g/mol. The van der Waals surface area contributed by atoms with Crippen LogP contribution in [-0.4, -0.2) is 35.4 Å². The van der Waals surface area contributed by atoms with Gasteiger partial charge < -0.3 is 10.6 Å². The molecule has 1 saturated heterocycles. The van der Waals surface area contributed by atoms with Gasteiger partial charge in [-0.05, 0) is 36.9 Å². The quantitative estimate of drug-likeness (QED) is 0.947. The largest absolute Gasteiger partial charge is 0.338 e. The van der Waals surface area contributed by atoms with Crippen molar-refractivity contribution in [3.8, 4) is 0 Å². The Labute approximate surface area is 131 Å². The summed E-state index contributed by atoms with van der Waals surface area (Å²) in [7, 11) is 0. The summed E-state index contributed by atoms with van der Waals surface area (Å²) in [5, 5.41) is 0.938. The van der Waals surface area contributed by atoms with Crippen molar-refractivity contribution in [2.45, 2.75) is 26.2 Å². The zero-order chi connectivity index (χ0) is 15.7. The van der Waals surface area contributed by atoms with Gasteiger partial charge in [-0.25, -0.2) is 0 Å². The van der Waals surface area contributed by atoms with Crippen LogP contribution in [0.25, 0.3) is 10.9 Å². The normalized spacial score (nSPS) is 18.4. The highest BCUT2D eigenvalue weighted by atomic mass is 16.2. The van der Waals surface area contributed by atoms with E-state index in [0.29, 0.717) is 18.4 Å². The SMILES string of the molecule is CC(C)c1cc(C(=O)N2CC[C@@H](CN)C2)c2ccccc2n1. The van der Waals surface area contributed by atoms with Crippen molar-refractivity contribution in [2.75, 3.05) is 19.6 Å². The van der Waals surface area contributed by atoms with E-state index in [-0.39, 0.29) is 5.91 Å². The van der Waals surface area contributed by atoms with Crippen molar-refractivity contribution in [1.82, 2.24) is 9.88 Å².